The molecular weight excluding hydrogens is 471 g/mol. The van der Waals surface area contributed by atoms with Gasteiger partial charge in [-0.05, 0) is 36.4 Å². The Morgan fingerprint density at radius 3 is 1.41 bits per heavy atom. The van der Waals surface area contributed by atoms with Gasteiger partial charge in [0.05, 0.1) is 35.2 Å². The van der Waals surface area contributed by atoms with E-state index in [9.17, 15) is 0 Å². The summed E-state index contributed by atoms with van der Waals surface area (Å²) in [6.07, 6.45) is 3.39. The first-order chi connectivity index (χ1) is 11.3. The number of rotatable bonds is 4. The minimum atomic E-state index is 0. The van der Waals surface area contributed by atoms with Crippen LogP contribution in [0.2, 0.25) is 5.02 Å². The number of para-hydroxylation sites is 2. The predicted octanol–water partition coefficient (Wildman–Crippen LogP) is -3.75. The van der Waals surface area contributed by atoms with Gasteiger partial charge >= 0.3 is 16.8 Å². The van der Waals surface area contributed by atoms with Crippen LogP contribution in [0.5, 0.6) is 0 Å². The monoisotopic (exact) mass is 483 g/mol. The topological polar surface area (TPSA) is 37.6 Å². The molecule has 1 heterocycles. The van der Waals surface area contributed by atoms with Gasteiger partial charge < -0.3 is 37.2 Å². The van der Waals surface area contributed by atoms with Gasteiger partial charge in [0.15, 0.2) is 0 Å². The normalized spacial score (nSPS) is 9.67. The van der Waals surface area contributed by atoms with Gasteiger partial charge in [0.2, 0.25) is 0 Å². The van der Waals surface area contributed by atoms with Crippen LogP contribution >= 0.6 is 11.6 Å². The minimum Gasteiger partial charge on any atom is -1.00 e. The second-order valence-corrected chi connectivity index (χ2v) is 5.26. The molecule has 0 bridgehead atoms. The van der Waals surface area contributed by atoms with Gasteiger partial charge in [-0.2, -0.15) is 0 Å². The molecule has 3 aromatic rings. The van der Waals surface area contributed by atoms with E-state index in [1.54, 1.807) is 24.6 Å². The summed E-state index contributed by atoms with van der Waals surface area (Å²) in [5, 5.41) is 0.601. The molecule has 0 saturated heterocycles. The van der Waals surface area contributed by atoms with E-state index in [1.807, 2.05) is 60.7 Å². The molecule has 0 fully saturated rings. The number of hydrogen-bond acceptors (Lipinski definition) is 3. The van der Waals surface area contributed by atoms with Gasteiger partial charge in [0, 0.05) is 5.02 Å². The molecule has 0 aliphatic heterocycles. The number of aromatic nitrogens is 1. The molecule has 1 aromatic heterocycles. The standard InChI is InChI=1S/C19H14ClN3.3ClH.Co/c20-15-11-18(13-21-16-7-3-1-4-8-16)23-19(12-15)14-22-17-9-5-2-6-10-17;;;;/h1-14H;3*1H;/q;;;;+3/p-3. The van der Waals surface area contributed by atoms with Crippen molar-refractivity contribution < 1.29 is 54.0 Å². The van der Waals surface area contributed by atoms with Gasteiger partial charge in [0.1, 0.15) is 0 Å². The van der Waals surface area contributed by atoms with E-state index in [1.165, 1.54) is 0 Å². The zero-order valence-electron chi connectivity index (χ0n) is 13.8. The third-order valence-corrected chi connectivity index (χ3v) is 3.25. The second-order valence-electron chi connectivity index (χ2n) is 4.82. The Labute approximate surface area is 192 Å². The maximum absolute atomic E-state index is 6.15. The average Bonchev–Trinajstić information content (AvgIpc) is 2.60. The number of pyridine rings is 1. The van der Waals surface area contributed by atoms with Gasteiger partial charge in [-0.3, -0.25) is 9.98 Å². The first kappa shape index (κ1) is 27.8. The van der Waals surface area contributed by atoms with Crippen molar-refractivity contribution >= 4 is 35.4 Å². The van der Waals surface area contributed by atoms with Crippen molar-refractivity contribution in [1.82, 2.24) is 4.98 Å². The number of benzene rings is 2. The molecule has 0 unspecified atom stereocenters. The van der Waals surface area contributed by atoms with E-state index < -0.39 is 0 Å². The van der Waals surface area contributed by atoms with Crippen LogP contribution in [0, 0.1) is 0 Å². The minimum absolute atomic E-state index is 0. The molecular formula is C19H14Cl4CoN3. The quantitative estimate of drug-likeness (QED) is 0.351. The van der Waals surface area contributed by atoms with Crippen molar-refractivity contribution in [3.8, 4) is 0 Å². The van der Waals surface area contributed by atoms with E-state index in [0.717, 1.165) is 11.4 Å². The fourth-order valence-electron chi connectivity index (χ4n) is 1.98. The van der Waals surface area contributed by atoms with Crippen molar-refractivity contribution in [2.45, 2.75) is 0 Å². The molecule has 0 saturated carbocycles. The van der Waals surface area contributed by atoms with Gasteiger partial charge in [0.25, 0.3) is 0 Å². The van der Waals surface area contributed by atoms with Gasteiger partial charge in [-0.15, -0.1) is 0 Å². The van der Waals surface area contributed by atoms with Crippen LogP contribution in [0.3, 0.4) is 0 Å². The van der Waals surface area contributed by atoms with Crippen molar-refractivity contribution in [2.75, 3.05) is 0 Å². The fourth-order valence-corrected chi connectivity index (χ4v) is 2.20. The molecule has 3 nitrogen and oxygen atoms in total. The summed E-state index contributed by atoms with van der Waals surface area (Å²) in [7, 11) is 0. The van der Waals surface area contributed by atoms with E-state index in [4.69, 9.17) is 11.6 Å². The van der Waals surface area contributed by atoms with Crippen LogP contribution < -0.4 is 37.2 Å². The van der Waals surface area contributed by atoms with Crippen molar-refractivity contribution in [3.05, 3.63) is 89.2 Å². The zero-order chi connectivity index (χ0) is 15.9. The molecule has 0 aliphatic rings. The van der Waals surface area contributed by atoms with Crippen molar-refractivity contribution in [1.29, 1.82) is 0 Å². The fraction of sp³-hybridized carbons (Fsp3) is 0. The maximum atomic E-state index is 6.15. The Balaban J connectivity index is 0. The summed E-state index contributed by atoms with van der Waals surface area (Å²) in [4.78, 5) is 13.3. The Bertz CT molecular complexity index is 776. The van der Waals surface area contributed by atoms with Crippen LogP contribution in [-0.2, 0) is 16.8 Å². The number of halogens is 4. The molecule has 8 heteroatoms. The van der Waals surface area contributed by atoms with E-state index >= 15 is 0 Å². The summed E-state index contributed by atoms with van der Waals surface area (Å²) in [6, 6.07) is 22.9. The molecule has 0 amide bonds. The smallest absolute Gasteiger partial charge is 1.00 e. The molecule has 142 valence electrons. The van der Waals surface area contributed by atoms with E-state index in [-0.39, 0.29) is 54.0 Å². The Morgan fingerprint density at radius 1 is 0.667 bits per heavy atom. The molecule has 0 N–H and O–H groups in total. The number of nitrogens with zero attached hydrogens (tertiary/aromatic N) is 3. The molecule has 2 aromatic carbocycles. The third kappa shape index (κ3) is 9.38. The Morgan fingerprint density at radius 2 is 1.04 bits per heavy atom. The number of hydrogen-bond donors (Lipinski definition) is 0. The average molecular weight is 485 g/mol. The Hall–Kier alpha value is -1.40. The molecule has 3 rings (SSSR count). The van der Waals surface area contributed by atoms with Gasteiger partial charge in [-0.25, -0.2) is 4.98 Å². The first-order valence-corrected chi connectivity index (χ1v) is 7.53. The summed E-state index contributed by atoms with van der Waals surface area (Å²) in [5.74, 6) is 0. The van der Waals surface area contributed by atoms with Crippen LogP contribution in [0.25, 0.3) is 0 Å². The molecule has 0 atom stereocenters. The zero-order valence-corrected chi connectivity index (χ0v) is 17.8. The molecule has 0 radical (unpaired) electrons. The maximum Gasteiger partial charge on any atom is 3.00 e. The predicted molar refractivity (Wildman–Crippen MR) is 96.6 cm³/mol. The van der Waals surface area contributed by atoms with Gasteiger partial charge in [-0.1, -0.05) is 48.0 Å². The number of aliphatic imine (C=N–C) groups is 2. The molecule has 0 aliphatic carbocycles. The SMILES string of the molecule is Clc1cc(C=Nc2ccccc2)nc(C=Nc2ccccc2)c1.[Cl-].[Cl-].[Cl-].[Co+3]. The summed E-state index contributed by atoms with van der Waals surface area (Å²) in [6.45, 7) is 0. The van der Waals surface area contributed by atoms with Crippen molar-refractivity contribution in [2.24, 2.45) is 9.98 Å². The summed E-state index contributed by atoms with van der Waals surface area (Å²) >= 11 is 6.15. The third-order valence-electron chi connectivity index (χ3n) is 3.03. The summed E-state index contributed by atoms with van der Waals surface area (Å²) < 4.78 is 0. The Kier molecular flexibility index (Phi) is 15.1. The van der Waals surface area contributed by atoms with E-state index in [0.29, 0.717) is 16.4 Å². The van der Waals surface area contributed by atoms with Crippen LogP contribution in [0.15, 0.2) is 82.8 Å². The molecule has 0 spiro atoms. The van der Waals surface area contributed by atoms with Crippen molar-refractivity contribution in [3.63, 3.8) is 0 Å². The first-order valence-electron chi connectivity index (χ1n) is 7.15. The summed E-state index contributed by atoms with van der Waals surface area (Å²) in [5.41, 5.74) is 3.12. The van der Waals surface area contributed by atoms with E-state index in [2.05, 4.69) is 15.0 Å². The largest absolute Gasteiger partial charge is 3.00 e. The molecule has 27 heavy (non-hydrogen) atoms. The second kappa shape index (κ2) is 14.6. The van der Waals surface area contributed by atoms with Crippen LogP contribution in [0.4, 0.5) is 11.4 Å². The van der Waals surface area contributed by atoms with Crippen LogP contribution in [-0.4, -0.2) is 17.4 Å². The van der Waals surface area contributed by atoms with Crippen LogP contribution in [0.1, 0.15) is 11.4 Å².